The largest absolute Gasteiger partial charge is 0.490 e. The van der Waals surface area contributed by atoms with Crippen molar-refractivity contribution in [3.05, 3.63) is 59.3 Å². The van der Waals surface area contributed by atoms with E-state index in [-0.39, 0.29) is 11.9 Å². The number of nitrogens with one attached hydrogen (secondary N) is 2. The Hall–Kier alpha value is -2.95. The van der Waals surface area contributed by atoms with Crippen LogP contribution in [0.1, 0.15) is 48.4 Å². The monoisotopic (exact) mass is 366 g/mol. The van der Waals surface area contributed by atoms with E-state index >= 15 is 0 Å². The predicted molar refractivity (Wildman–Crippen MR) is 108 cm³/mol. The Kier molecular flexibility index (Phi) is 5.69. The van der Waals surface area contributed by atoms with Crippen LogP contribution in [0.4, 0.5) is 0 Å². The van der Waals surface area contributed by atoms with Crippen molar-refractivity contribution in [2.75, 3.05) is 13.2 Å². The summed E-state index contributed by atoms with van der Waals surface area (Å²) in [7, 11) is 0. The summed E-state index contributed by atoms with van der Waals surface area (Å²) in [6, 6.07) is 13.6. The number of hydrogen-bond donors (Lipinski definition) is 2. The molecule has 2 N–H and O–H groups in total. The van der Waals surface area contributed by atoms with Gasteiger partial charge in [0, 0.05) is 10.9 Å². The fourth-order valence-corrected chi connectivity index (χ4v) is 3.07. The number of carbonyl (C=O) groups is 1. The second-order valence-corrected chi connectivity index (χ2v) is 6.54. The molecular weight excluding hydrogens is 340 g/mol. The van der Waals surface area contributed by atoms with Crippen molar-refractivity contribution in [1.82, 2.24) is 10.3 Å². The fraction of sp³-hybridized carbons (Fsp3) is 0.318. The Labute approximate surface area is 159 Å². The van der Waals surface area contributed by atoms with Gasteiger partial charge in [-0.1, -0.05) is 17.7 Å². The lowest BCUT2D eigenvalue weighted by atomic mass is 10.1. The summed E-state index contributed by atoms with van der Waals surface area (Å²) in [5.74, 6) is 1.27. The van der Waals surface area contributed by atoms with Crippen LogP contribution in [0.15, 0.2) is 42.5 Å². The highest BCUT2D eigenvalue weighted by molar-refractivity contribution is 5.98. The maximum absolute atomic E-state index is 12.7. The van der Waals surface area contributed by atoms with Gasteiger partial charge < -0.3 is 19.8 Å². The Morgan fingerprint density at radius 2 is 1.78 bits per heavy atom. The summed E-state index contributed by atoms with van der Waals surface area (Å²) in [5.41, 5.74) is 3.64. The van der Waals surface area contributed by atoms with Crippen LogP contribution in [0.5, 0.6) is 11.5 Å². The number of H-pyrrole nitrogens is 1. The van der Waals surface area contributed by atoms with Crippen LogP contribution in [0, 0.1) is 6.92 Å². The minimum atomic E-state index is -0.166. The van der Waals surface area contributed by atoms with Gasteiger partial charge in [-0.15, -0.1) is 0 Å². The molecule has 1 aromatic heterocycles. The van der Waals surface area contributed by atoms with Gasteiger partial charge in [0.1, 0.15) is 5.69 Å². The molecule has 0 aliphatic heterocycles. The number of rotatable bonds is 7. The molecule has 0 saturated carbocycles. The second kappa shape index (κ2) is 8.16. The molecule has 1 amide bonds. The molecule has 5 heteroatoms. The maximum Gasteiger partial charge on any atom is 0.268 e. The third-order valence-electron chi connectivity index (χ3n) is 4.44. The SMILES string of the molecule is CCOc1ccc(C(C)NC(=O)c2cc3cc(C)ccc3[nH]2)cc1OCC. The topological polar surface area (TPSA) is 63.3 Å². The highest BCUT2D eigenvalue weighted by Crippen LogP contribution is 2.31. The van der Waals surface area contributed by atoms with E-state index in [1.165, 1.54) is 5.56 Å². The van der Waals surface area contributed by atoms with Gasteiger partial charge in [0.2, 0.25) is 0 Å². The van der Waals surface area contributed by atoms with E-state index in [1.807, 2.05) is 64.1 Å². The third kappa shape index (κ3) is 4.25. The summed E-state index contributed by atoms with van der Waals surface area (Å²) in [4.78, 5) is 15.8. The van der Waals surface area contributed by atoms with Crippen LogP contribution in [-0.4, -0.2) is 24.1 Å². The molecule has 2 aromatic carbocycles. The maximum atomic E-state index is 12.7. The first-order valence-corrected chi connectivity index (χ1v) is 9.31. The Morgan fingerprint density at radius 1 is 1.04 bits per heavy atom. The van der Waals surface area contributed by atoms with Crippen LogP contribution >= 0.6 is 0 Å². The minimum absolute atomic E-state index is 0.136. The Bertz CT molecular complexity index is 946. The van der Waals surface area contributed by atoms with Gasteiger partial charge in [-0.25, -0.2) is 0 Å². The van der Waals surface area contributed by atoms with Crippen molar-refractivity contribution < 1.29 is 14.3 Å². The highest BCUT2D eigenvalue weighted by Gasteiger charge is 2.16. The molecule has 3 rings (SSSR count). The zero-order chi connectivity index (χ0) is 19.4. The highest BCUT2D eigenvalue weighted by atomic mass is 16.5. The molecular formula is C22H26N2O3. The number of amides is 1. The van der Waals surface area contributed by atoms with E-state index in [2.05, 4.69) is 16.4 Å². The summed E-state index contributed by atoms with van der Waals surface area (Å²) >= 11 is 0. The van der Waals surface area contributed by atoms with Gasteiger partial charge in [-0.05, 0) is 63.6 Å². The van der Waals surface area contributed by atoms with Crippen molar-refractivity contribution in [1.29, 1.82) is 0 Å². The number of aryl methyl sites for hydroxylation is 1. The molecule has 3 aromatic rings. The molecule has 1 atom stereocenters. The average Bonchev–Trinajstić information content (AvgIpc) is 3.06. The molecule has 5 nitrogen and oxygen atoms in total. The summed E-state index contributed by atoms with van der Waals surface area (Å²) < 4.78 is 11.3. The molecule has 0 saturated heterocycles. The van der Waals surface area contributed by atoms with E-state index < -0.39 is 0 Å². The third-order valence-corrected chi connectivity index (χ3v) is 4.44. The first-order chi connectivity index (χ1) is 13.0. The summed E-state index contributed by atoms with van der Waals surface area (Å²) in [5, 5.41) is 4.08. The van der Waals surface area contributed by atoms with Crippen LogP contribution in [0.2, 0.25) is 0 Å². The zero-order valence-electron chi connectivity index (χ0n) is 16.3. The molecule has 1 unspecified atom stereocenters. The van der Waals surface area contributed by atoms with Gasteiger partial charge in [0.15, 0.2) is 11.5 Å². The number of ether oxygens (including phenoxy) is 2. The lowest BCUT2D eigenvalue weighted by Gasteiger charge is -2.17. The standard InChI is InChI=1S/C22H26N2O3/c1-5-26-20-10-8-16(13-21(20)27-6-2)15(4)23-22(25)19-12-17-11-14(3)7-9-18(17)24-19/h7-13,15,24H,5-6H2,1-4H3,(H,23,25). The van der Waals surface area contributed by atoms with E-state index in [9.17, 15) is 4.79 Å². The molecule has 0 aliphatic rings. The fourth-order valence-electron chi connectivity index (χ4n) is 3.07. The van der Waals surface area contributed by atoms with Gasteiger partial charge in [-0.3, -0.25) is 4.79 Å². The number of aromatic amines is 1. The summed E-state index contributed by atoms with van der Waals surface area (Å²) in [6.45, 7) is 9.00. The molecule has 27 heavy (non-hydrogen) atoms. The molecule has 1 heterocycles. The number of carbonyl (C=O) groups excluding carboxylic acids is 1. The van der Waals surface area contributed by atoms with E-state index in [0.717, 1.165) is 16.5 Å². The van der Waals surface area contributed by atoms with Crippen molar-refractivity contribution in [3.63, 3.8) is 0 Å². The van der Waals surface area contributed by atoms with Crippen LogP contribution in [0.3, 0.4) is 0 Å². The Morgan fingerprint density at radius 3 is 2.52 bits per heavy atom. The average molecular weight is 366 g/mol. The van der Waals surface area contributed by atoms with Crippen LogP contribution in [-0.2, 0) is 0 Å². The molecule has 0 aliphatic carbocycles. The number of aromatic nitrogens is 1. The minimum Gasteiger partial charge on any atom is -0.490 e. The van der Waals surface area contributed by atoms with Gasteiger partial charge in [-0.2, -0.15) is 0 Å². The quantitative estimate of drug-likeness (QED) is 0.633. The van der Waals surface area contributed by atoms with Crippen molar-refractivity contribution >= 4 is 16.8 Å². The normalized spacial score (nSPS) is 12.0. The van der Waals surface area contributed by atoms with E-state index in [4.69, 9.17) is 9.47 Å². The van der Waals surface area contributed by atoms with Gasteiger partial charge in [0.25, 0.3) is 5.91 Å². The molecule has 142 valence electrons. The van der Waals surface area contributed by atoms with Crippen molar-refractivity contribution in [3.8, 4) is 11.5 Å². The lowest BCUT2D eigenvalue weighted by Crippen LogP contribution is -2.26. The number of hydrogen-bond acceptors (Lipinski definition) is 3. The van der Waals surface area contributed by atoms with Crippen LogP contribution < -0.4 is 14.8 Å². The molecule has 0 spiro atoms. The van der Waals surface area contributed by atoms with E-state index in [1.54, 1.807) is 0 Å². The van der Waals surface area contributed by atoms with Crippen molar-refractivity contribution in [2.45, 2.75) is 33.7 Å². The first-order valence-electron chi connectivity index (χ1n) is 9.31. The molecule has 0 radical (unpaired) electrons. The summed E-state index contributed by atoms with van der Waals surface area (Å²) in [6.07, 6.45) is 0. The smallest absolute Gasteiger partial charge is 0.268 e. The van der Waals surface area contributed by atoms with Crippen LogP contribution in [0.25, 0.3) is 10.9 Å². The van der Waals surface area contributed by atoms with Gasteiger partial charge in [0.05, 0.1) is 19.3 Å². The second-order valence-electron chi connectivity index (χ2n) is 6.54. The lowest BCUT2D eigenvalue weighted by molar-refractivity contribution is 0.0935. The molecule has 0 fully saturated rings. The number of fused-ring (bicyclic) bond motifs is 1. The Balaban J connectivity index is 1.77. The first kappa shape index (κ1) is 18.8. The van der Waals surface area contributed by atoms with Crippen molar-refractivity contribution in [2.24, 2.45) is 0 Å². The van der Waals surface area contributed by atoms with E-state index in [0.29, 0.717) is 30.4 Å². The number of benzene rings is 2. The zero-order valence-corrected chi connectivity index (χ0v) is 16.3. The van der Waals surface area contributed by atoms with Gasteiger partial charge >= 0.3 is 0 Å². The predicted octanol–water partition coefficient (Wildman–Crippen LogP) is 4.76. The molecule has 0 bridgehead atoms.